The van der Waals surface area contributed by atoms with Gasteiger partial charge in [-0.1, -0.05) is 0 Å². The number of aryl methyl sites for hydroxylation is 2. The van der Waals surface area contributed by atoms with Crippen LogP contribution >= 0.6 is 0 Å². The van der Waals surface area contributed by atoms with E-state index in [4.69, 9.17) is 0 Å². The molecule has 0 saturated heterocycles. The molecule has 0 aliphatic rings. The SMILES string of the molecule is Cc1ccnc(NS(=O)(=O)c2ccc(NC(=O)c3ccc(C(=O)Nc4ccc(S(=O)(=O)Nc5nccc(C)n5)cc4)cc3)cc2)n1. The van der Waals surface area contributed by atoms with E-state index in [9.17, 15) is 26.4 Å². The molecule has 0 saturated carbocycles. The lowest BCUT2D eigenvalue weighted by Crippen LogP contribution is -2.16. The van der Waals surface area contributed by atoms with Crippen LogP contribution in [-0.4, -0.2) is 48.6 Å². The molecule has 0 aliphatic heterocycles. The number of carbonyl (C=O) groups is 2. The Balaban J connectivity index is 1.17. The average molecular weight is 659 g/mol. The van der Waals surface area contributed by atoms with Gasteiger partial charge in [-0.15, -0.1) is 0 Å². The number of hydrogen-bond donors (Lipinski definition) is 4. The first kappa shape index (κ1) is 31.7. The molecule has 16 heteroatoms. The van der Waals surface area contributed by atoms with Crippen molar-refractivity contribution in [2.24, 2.45) is 0 Å². The van der Waals surface area contributed by atoms with Crippen molar-refractivity contribution in [2.75, 3.05) is 20.1 Å². The Kier molecular flexibility index (Phi) is 9.01. The van der Waals surface area contributed by atoms with Crippen molar-refractivity contribution in [3.05, 3.63) is 120 Å². The predicted molar refractivity (Wildman–Crippen MR) is 170 cm³/mol. The van der Waals surface area contributed by atoms with Crippen molar-refractivity contribution < 1.29 is 26.4 Å². The van der Waals surface area contributed by atoms with Crippen LogP contribution < -0.4 is 20.1 Å². The molecule has 0 spiro atoms. The monoisotopic (exact) mass is 658 g/mol. The number of nitrogens with one attached hydrogen (secondary N) is 4. The average Bonchev–Trinajstić information content (AvgIpc) is 3.01. The molecule has 3 aromatic carbocycles. The van der Waals surface area contributed by atoms with Crippen molar-refractivity contribution in [3.8, 4) is 0 Å². The van der Waals surface area contributed by atoms with Gasteiger partial charge in [0.2, 0.25) is 11.9 Å². The lowest BCUT2D eigenvalue weighted by Gasteiger charge is -2.10. The summed E-state index contributed by atoms with van der Waals surface area (Å²) in [6.07, 6.45) is 2.88. The maximum atomic E-state index is 12.8. The zero-order valence-electron chi connectivity index (χ0n) is 24.3. The quantitative estimate of drug-likeness (QED) is 0.170. The second-order valence-electron chi connectivity index (χ2n) is 9.79. The summed E-state index contributed by atoms with van der Waals surface area (Å²) in [5, 5.41) is 5.35. The highest BCUT2D eigenvalue weighted by molar-refractivity contribution is 7.93. The topological polar surface area (TPSA) is 202 Å². The van der Waals surface area contributed by atoms with E-state index in [1.165, 1.54) is 85.2 Å². The lowest BCUT2D eigenvalue weighted by molar-refractivity contribution is 0.101. The molecule has 2 amide bonds. The van der Waals surface area contributed by atoms with Crippen LogP contribution in [0, 0.1) is 13.8 Å². The summed E-state index contributed by atoms with van der Waals surface area (Å²) in [7, 11) is -7.89. The fraction of sp³-hybridized carbons (Fsp3) is 0.0667. The molecule has 4 N–H and O–H groups in total. The normalized spacial score (nSPS) is 11.3. The molecule has 46 heavy (non-hydrogen) atoms. The first-order chi connectivity index (χ1) is 21.9. The van der Waals surface area contributed by atoms with Gasteiger partial charge in [-0.05, 0) is 98.8 Å². The molecule has 0 atom stereocenters. The Morgan fingerprint density at radius 3 is 1.20 bits per heavy atom. The maximum Gasteiger partial charge on any atom is 0.264 e. The zero-order chi connectivity index (χ0) is 32.9. The molecule has 5 rings (SSSR count). The van der Waals surface area contributed by atoms with Gasteiger partial charge in [-0.25, -0.2) is 46.2 Å². The number of rotatable bonds is 10. The number of anilines is 4. The van der Waals surface area contributed by atoms with E-state index >= 15 is 0 Å². The number of amides is 2. The molecular weight excluding hydrogens is 633 g/mol. The second kappa shape index (κ2) is 13.1. The highest BCUT2D eigenvalue weighted by atomic mass is 32.2. The maximum absolute atomic E-state index is 12.8. The first-order valence-corrected chi connectivity index (χ1v) is 16.4. The van der Waals surface area contributed by atoms with Crippen LogP contribution in [-0.2, 0) is 20.0 Å². The van der Waals surface area contributed by atoms with Gasteiger partial charge in [0.15, 0.2) is 0 Å². The van der Waals surface area contributed by atoms with E-state index in [0.29, 0.717) is 22.8 Å². The van der Waals surface area contributed by atoms with Crippen molar-refractivity contribution in [1.82, 2.24) is 19.9 Å². The fourth-order valence-corrected chi connectivity index (χ4v) is 5.87. The Morgan fingerprint density at radius 2 is 0.870 bits per heavy atom. The van der Waals surface area contributed by atoms with Gasteiger partial charge >= 0.3 is 0 Å². The molecule has 234 valence electrons. The minimum absolute atomic E-state index is 0.0456. The zero-order valence-corrected chi connectivity index (χ0v) is 25.9. The van der Waals surface area contributed by atoms with Crippen LogP contribution in [0.25, 0.3) is 0 Å². The Hall–Kier alpha value is -5.74. The Morgan fingerprint density at radius 1 is 0.522 bits per heavy atom. The van der Waals surface area contributed by atoms with Crippen LogP contribution in [0.1, 0.15) is 32.1 Å². The summed E-state index contributed by atoms with van der Waals surface area (Å²) in [5.41, 5.74) is 2.42. The van der Waals surface area contributed by atoms with Crippen LogP contribution in [0.5, 0.6) is 0 Å². The summed E-state index contributed by atoms with van der Waals surface area (Å²) in [4.78, 5) is 41.3. The highest BCUT2D eigenvalue weighted by Gasteiger charge is 2.18. The van der Waals surface area contributed by atoms with Gasteiger partial charge in [-0.2, -0.15) is 0 Å². The van der Waals surface area contributed by atoms with E-state index in [0.717, 1.165) is 0 Å². The molecule has 14 nitrogen and oxygen atoms in total. The van der Waals surface area contributed by atoms with Crippen LogP contribution in [0.3, 0.4) is 0 Å². The third-order valence-electron chi connectivity index (χ3n) is 6.30. The number of hydrogen-bond acceptors (Lipinski definition) is 10. The molecule has 0 aliphatic carbocycles. The summed E-state index contributed by atoms with van der Waals surface area (Å²) in [5.74, 6) is -1.06. The minimum atomic E-state index is -3.94. The van der Waals surface area contributed by atoms with Crippen molar-refractivity contribution >= 4 is 55.1 Å². The third kappa shape index (κ3) is 7.85. The number of benzene rings is 3. The molecule has 5 aromatic rings. The predicted octanol–water partition coefficient (Wildman–Crippen LogP) is 3.99. The Labute approximate surface area is 264 Å². The molecule has 0 radical (unpaired) electrons. The van der Waals surface area contributed by atoms with Crippen LogP contribution in [0.2, 0.25) is 0 Å². The van der Waals surface area contributed by atoms with Gasteiger partial charge < -0.3 is 10.6 Å². The second-order valence-corrected chi connectivity index (χ2v) is 13.2. The van der Waals surface area contributed by atoms with Gasteiger partial charge in [-0.3, -0.25) is 9.59 Å². The van der Waals surface area contributed by atoms with E-state index in [1.807, 2.05) is 0 Å². The number of aromatic nitrogens is 4. The molecule has 0 unspecified atom stereocenters. The van der Waals surface area contributed by atoms with Crippen molar-refractivity contribution in [2.45, 2.75) is 23.6 Å². The molecule has 0 bridgehead atoms. The van der Waals surface area contributed by atoms with Gasteiger partial charge in [0.1, 0.15) is 0 Å². The number of carbonyl (C=O) groups excluding carboxylic acids is 2. The Bertz CT molecular complexity index is 1970. The van der Waals surface area contributed by atoms with Crippen molar-refractivity contribution in [1.29, 1.82) is 0 Å². The van der Waals surface area contributed by atoms with Gasteiger partial charge in [0.25, 0.3) is 31.9 Å². The summed E-state index contributed by atoms with van der Waals surface area (Å²) in [6, 6.07) is 20.2. The third-order valence-corrected chi connectivity index (χ3v) is 8.98. The first-order valence-electron chi connectivity index (χ1n) is 13.5. The number of sulfonamides is 2. The van der Waals surface area contributed by atoms with Gasteiger partial charge in [0, 0.05) is 46.3 Å². The van der Waals surface area contributed by atoms with E-state index < -0.39 is 31.9 Å². The summed E-state index contributed by atoms with van der Waals surface area (Å²) >= 11 is 0. The van der Waals surface area contributed by atoms with Crippen LogP contribution in [0.4, 0.5) is 23.3 Å². The van der Waals surface area contributed by atoms with E-state index in [2.05, 4.69) is 40.0 Å². The summed E-state index contributed by atoms with van der Waals surface area (Å²) < 4.78 is 55.2. The highest BCUT2D eigenvalue weighted by Crippen LogP contribution is 2.19. The largest absolute Gasteiger partial charge is 0.322 e. The lowest BCUT2D eigenvalue weighted by atomic mass is 10.1. The van der Waals surface area contributed by atoms with Crippen LogP contribution in [0.15, 0.2) is 107 Å². The van der Waals surface area contributed by atoms with E-state index in [-0.39, 0.29) is 32.8 Å². The minimum Gasteiger partial charge on any atom is -0.322 e. The molecule has 2 aromatic heterocycles. The standard InChI is InChI=1S/C30H26N8O6S2/c1-19-15-17-31-29(33-19)37-45(41,42)25-11-7-23(8-12-25)35-27(39)21-3-5-22(6-4-21)28(40)36-24-9-13-26(14-10-24)46(43,44)38-30-32-18-16-20(2)34-30/h3-18H,1-2H3,(H,35,39)(H,36,40)(H,31,33,37)(H,32,34,38). The van der Waals surface area contributed by atoms with Crippen molar-refractivity contribution in [3.63, 3.8) is 0 Å². The van der Waals surface area contributed by atoms with Gasteiger partial charge in [0.05, 0.1) is 9.79 Å². The fourth-order valence-electron chi connectivity index (χ4n) is 3.97. The molecule has 0 fully saturated rings. The smallest absolute Gasteiger partial charge is 0.264 e. The van der Waals surface area contributed by atoms with E-state index in [1.54, 1.807) is 26.0 Å². The summed E-state index contributed by atoms with van der Waals surface area (Å²) in [6.45, 7) is 3.42. The molecule has 2 heterocycles. The molecular formula is C30H26N8O6S2. The number of nitrogens with zero attached hydrogens (tertiary/aromatic N) is 4.